The maximum Gasteiger partial charge on any atom is 0.118 e. The molecule has 1 heterocycles. The average Bonchev–Trinajstić information content (AvgIpc) is 2.46. The van der Waals surface area contributed by atoms with Crippen molar-refractivity contribution in [3.8, 4) is 5.75 Å². The van der Waals surface area contributed by atoms with E-state index in [4.69, 9.17) is 17.0 Å². The molecule has 18 heavy (non-hydrogen) atoms. The standard InChI is InChI=1S/C15H19NOS/c1-17-14-8-5-13(6-9-14)7-10-15(18)16-11-3-2-4-12-16/h5-10H,2-4,11-12H2,1H3. The van der Waals surface area contributed by atoms with E-state index in [0.29, 0.717) is 0 Å². The molecule has 0 aromatic heterocycles. The number of piperidine rings is 1. The van der Waals surface area contributed by atoms with Gasteiger partial charge < -0.3 is 9.64 Å². The van der Waals surface area contributed by atoms with Gasteiger partial charge in [-0.3, -0.25) is 0 Å². The van der Waals surface area contributed by atoms with E-state index in [1.165, 1.54) is 19.3 Å². The zero-order chi connectivity index (χ0) is 12.8. The Hall–Kier alpha value is -1.35. The van der Waals surface area contributed by atoms with Gasteiger partial charge in [-0.25, -0.2) is 0 Å². The van der Waals surface area contributed by atoms with Crippen LogP contribution in [0, 0.1) is 0 Å². The van der Waals surface area contributed by atoms with E-state index in [0.717, 1.165) is 29.4 Å². The van der Waals surface area contributed by atoms with Crippen LogP contribution in [0.15, 0.2) is 30.3 Å². The molecular weight excluding hydrogens is 242 g/mol. The molecule has 0 unspecified atom stereocenters. The summed E-state index contributed by atoms with van der Waals surface area (Å²) in [4.78, 5) is 3.24. The summed E-state index contributed by atoms with van der Waals surface area (Å²) in [6.07, 6.45) is 7.95. The molecule has 0 bridgehead atoms. The van der Waals surface area contributed by atoms with E-state index in [-0.39, 0.29) is 0 Å². The summed E-state index contributed by atoms with van der Waals surface area (Å²) in [5.41, 5.74) is 1.15. The van der Waals surface area contributed by atoms with Crippen molar-refractivity contribution < 1.29 is 4.74 Å². The van der Waals surface area contributed by atoms with Gasteiger partial charge in [-0.15, -0.1) is 0 Å². The van der Waals surface area contributed by atoms with Crippen molar-refractivity contribution >= 4 is 23.3 Å². The minimum absolute atomic E-state index is 0.880. The second-order valence-corrected chi connectivity index (χ2v) is 4.91. The summed E-state index contributed by atoms with van der Waals surface area (Å²) in [6, 6.07) is 8.00. The summed E-state index contributed by atoms with van der Waals surface area (Å²) in [6.45, 7) is 2.21. The van der Waals surface area contributed by atoms with Crippen molar-refractivity contribution in [2.75, 3.05) is 20.2 Å². The van der Waals surface area contributed by atoms with Crippen LogP contribution in [0.4, 0.5) is 0 Å². The van der Waals surface area contributed by atoms with Gasteiger partial charge in [-0.05, 0) is 43.0 Å². The van der Waals surface area contributed by atoms with Crippen LogP contribution >= 0.6 is 12.2 Å². The molecule has 2 nitrogen and oxygen atoms in total. The fraction of sp³-hybridized carbons (Fsp3) is 0.400. The predicted octanol–water partition coefficient (Wildman–Crippen LogP) is 3.52. The van der Waals surface area contributed by atoms with Crippen LogP contribution in [-0.2, 0) is 0 Å². The third kappa shape index (κ3) is 3.57. The van der Waals surface area contributed by atoms with Crippen molar-refractivity contribution in [1.82, 2.24) is 4.90 Å². The van der Waals surface area contributed by atoms with E-state index in [1.54, 1.807) is 7.11 Å². The van der Waals surface area contributed by atoms with Gasteiger partial charge in [-0.2, -0.15) is 0 Å². The fourth-order valence-electron chi connectivity index (χ4n) is 2.10. The minimum Gasteiger partial charge on any atom is -0.497 e. The molecule has 0 atom stereocenters. The normalized spacial score (nSPS) is 15.9. The first-order valence-corrected chi connectivity index (χ1v) is 6.81. The van der Waals surface area contributed by atoms with Crippen LogP contribution < -0.4 is 4.74 Å². The number of rotatable bonds is 3. The van der Waals surface area contributed by atoms with Crippen LogP contribution in [-0.4, -0.2) is 30.1 Å². The number of benzene rings is 1. The zero-order valence-corrected chi connectivity index (χ0v) is 11.6. The van der Waals surface area contributed by atoms with Crippen LogP contribution in [0.2, 0.25) is 0 Å². The van der Waals surface area contributed by atoms with Gasteiger partial charge in [0.1, 0.15) is 10.7 Å². The first kappa shape index (κ1) is 13.1. The number of hydrogen-bond donors (Lipinski definition) is 0. The van der Waals surface area contributed by atoms with E-state index in [2.05, 4.69) is 11.0 Å². The number of thiocarbonyl (C=S) groups is 1. The molecular formula is C15H19NOS. The highest BCUT2D eigenvalue weighted by Crippen LogP contribution is 2.14. The predicted molar refractivity (Wildman–Crippen MR) is 80.1 cm³/mol. The first-order chi connectivity index (χ1) is 8.79. The van der Waals surface area contributed by atoms with Crippen LogP contribution in [0.5, 0.6) is 5.75 Å². The molecule has 1 saturated heterocycles. The van der Waals surface area contributed by atoms with Gasteiger partial charge in [0.25, 0.3) is 0 Å². The Morgan fingerprint density at radius 1 is 1.17 bits per heavy atom. The van der Waals surface area contributed by atoms with Crippen molar-refractivity contribution in [3.63, 3.8) is 0 Å². The molecule has 1 aliphatic heterocycles. The Morgan fingerprint density at radius 2 is 1.83 bits per heavy atom. The number of ether oxygens (including phenoxy) is 1. The van der Waals surface area contributed by atoms with E-state index < -0.39 is 0 Å². The van der Waals surface area contributed by atoms with Crippen LogP contribution in [0.3, 0.4) is 0 Å². The molecule has 1 aromatic carbocycles. The van der Waals surface area contributed by atoms with Gasteiger partial charge in [0, 0.05) is 13.1 Å². The number of hydrogen-bond acceptors (Lipinski definition) is 2. The van der Waals surface area contributed by atoms with Crippen LogP contribution in [0.25, 0.3) is 6.08 Å². The highest BCUT2D eigenvalue weighted by molar-refractivity contribution is 7.80. The highest BCUT2D eigenvalue weighted by atomic mass is 32.1. The molecule has 1 fully saturated rings. The lowest BCUT2D eigenvalue weighted by Gasteiger charge is -2.27. The number of nitrogens with zero attached hydrogens (tertiary/aromatic N) is 1. The van der Waals surface area contributed by atoms with E-state index in [1.807, 2.05) is 30.3 Å². The second kappa shape index (κ2) is 6.55. The Morgan fingerprint density at radius 3 is 2.44 bits per heavy atom. The molecule has 0 N–H and O–H groups in total. The van der Waals surface area contributed by atoms with Gasteiger partial charge in [-0.1, -0.05) is 30.4 Å². The van der Waals surface area contributed by atoms with Gasteiger partial charge in [0.2, 0.25) is 0 Å². The number of methoxy groups -OCH3 is 1. The molecule has 1 aliphatic rings. The second-order valence-electron chi connectivity index (χ2n) is 4.49. The lowest BCUT2D eigenvalue weighted by Crippen LogP contribution is -2.33. The summed E-state index contributed by atoms with van der Waals surface area (Å²) < 4.78 is 5.13. The van der Waals surface area contributed by atoms with Crippen molar-refractivity contribution in [2.24, 2.45) is 0 Å². The molecule has 96 valence electrons. The maximum absolute atomic E-state index is 5.44. The quantitative estimate of drug-likeness (QED) is 0.610. The first-order valence-electron chi connectivity index (χ1n) is 6.40. The summed E-state index contributed by atoms with van der Waals surface area (Å²) in [5.74, 6) is 0.880. The van der Waals surface area contributed by atoms with Gasteiger partial charge in [0.15, 0.2) is 0 Å². The SMILES string of the molecule is COc1ccc(C=CC(=S)N2CCCCC2)cc1. The molecule has 0 aliphatic carbocycles. The third-order valence-corrected chi connectivity index (χ3v) is 3.60. The molecule has 0 spiro atoms. The minimum atomic E-state index is 0.880. The lowest BCUT2D eigenvalue weighted by molar-refractivity contribution is 0.348. The topological polar surface area (TPSA) is 12.5 Å². The Labute approximate surface area is 114 Å². The zero-order valence-electron chi connectivity index (χ0n) is 10.8. The highest BCUT2D eigenvalue weighted by Gasteiger charge is 2.10. The van der Waals surface area contributed by atoms with Crippen molar-refractivity contribution in [2.45, 2.75) is 19.3 Å². The molecule has 3 heteroatoms. The van der Waals surface area contributed by atoms with Gasteiger partial charge >= 0.3 is 0 Å². The summed E-state index contributed by atoms with van der Waals surface area (Å²) in [5, 5.41) is 0. The van der Waals surface area contributed by atoms with E-state index in [9.17, 15) is 0 Å². The van der Waals surface area contributed by atoms with Crippen molar-refractivity contribution in [1.29, 1.82) is 0 Å². The average molecular weight is 261 g/mol. The van der Waals surface area contributed by atoms with E-state index >= 15 is 0 Å². The Bertz CT molecular complexity index is 419. The fourth-order valence-corrected chi connectivity index (χ4v) is 2.35. The maximum atomic E-state index is 5.44. The largest absolute Gasteiger partial charge is 0.497 e. The van der Waals surface area contributed by atoms with Crippen LogP contribution in [0.1, 0.15) is 24.8 Å². The Balaban J connectivity index is 1.94. The molecule has 0 saturated carbocycles. The molecule has 0 radical (unpaired) electrons. The Kier molecular flexibility index (Phi) is 4.76. The molecule has 0 amide bonds. The summed E-state index contributed by atoms with van der Waals surface area (Å²) >= 11 is 5.44. The molecule has 1 aromatic rings. The summed E-state index contributed by atoms with van der Waals surface area (Å²) in [7, 11) is 1.68. The van der Waals surface area contributed by atoms with Gasteiger partial charge in [0.05, 0.1) is 7.11 Å². The smallest absolute Gasteiger partial charge is 0.118 e. The van der Waals surface area contributed by atoms with Crippen molar-refractivity contribution in [3.05, 3.63) is 35.9 Å². The monoisotopic (exact) mass is 261 g/mol. The third-order valence-electron chi connectivity index (χ3n) is 3.20. The molecule has 2 rings (SSSR count). The lowest BCUT2D eigenvalue weighted by atomic mass is 10.1. The number of likely N-dealkylation sites (tertiary alicyclic amines) is 1.